The lowest BCUT2D eigenvalue weighted by atomic mass is 10.2. The Hall–Kier alpha value is -3.13. The summed E-state index contributed by atoms with van der Waals surface area (Å²) in [5.41, 5.74) is 1.96. The van der Waals surface area contributed by atoms with Gasteiger partial charge in [0.1, 0.15) is 5.82 Å². The van der Waals surface area contributed by atoms with Crippen LogP contribution in [-0.2, 0) is 11.3 Å². The highest BCUT2D eigenvalue weighted by molar-refractivity contribution is 5.96. The zero-order valence-electron chi connectivity index (χ0n) is 16.8. The largest absolute Gasteiger partial charge is 0.378 e. The number of morpholine rings is 1. The van der Waals surface area contributed by atoms with E-state index in [9.17, 15) is 9.59 Å². The highest BCUT2D eigenvalue weighted by Gasteiger charge is 2.12. The number of urea groups is 1. The molecule has 0 unspecified atom stereocenters. The predicted molar refractivity (Wildman–Crippen MR) is 112 cm³/mol. The van der Waals surface area contributed by atoms with Gasteiger partial charge < -0.3 is 25.6 Å². The Balaban J connectivity index is 1.53. The fraction of sp³-hybridized carbons (Fsp3) is 0.381. The summed E-state index contributed by atoms with van der Waals surface area (Å²) in [5, 5.41) is 8.36. The smallest absolute Gasteiger partial charge is 0.319 e. The second kappa shape index (κ2) is 9.88. The van der Waals surface area contributed by atoms with Crippen molar-refractivity contribution in [1.82, 2.24) is 15.6 Å². The number of benzene rings is 1. The Kier molecular flexibility index (Phi) is 7.02. The molecule has 8 nitrogen and oxygen atoms in total. The number of aromatic nitrogens is 1. The number of rotatable bonds is 6. The fourth-order valence-electron chi connectivity index (χ4n) is 2.95. The third kappa shape index (κ3) is 6.18. The van der Waals surface area contributed by atoms with Crippen molar-refractivity contribution in [1.29, 1.82) is 0 Å². The van der Waals surface area contributed by atoms with Crippen LogP contribution in [0, 0.1) is 0 Å². The SMILES string of the molecule is CC(C)NC(=O)Nc1cccc(C(=O)NCc2ccc(N3CCOCC3)nc2)c1. The molecule has 3 N–H and O–H groups in total. The number of ether oxygens (including phenoxy) is 1. The zero-order valence-corrected chi connectivity index (χ0v) is 16.8. The van der Waals surface area contributed by atoms with Crippen LogP contribution in [0.15, 0.2) is 42.6 Å². The first-order chi connectivity index (χ1) is 14.0. The number of hydrogen-bond donors (Lipinski definition) is 3. The first kappa shape index (κ1) is 20.6. The van der Waals surface area contributed by atoms with Crippen molar-refractivity contribution < 1.29 is 14.3 Å². The van der Waals surface area contributed by atoms with Crippen molar-refractivity contribution in [2.24, 2.45) is 0 Å². The van der Waals surface area contributed by atoms with Gasteiger partial charge in [-0.05, 0) is 43.7 Å². The van der Waals surface area contributed by atoms with Gasteiger partial charge in [-0.1, -0.05) is 12.1 Å². The lowest BCUT2D eigenvalue weighted by molar-refractivity contribution is 0.0951. The lowest BCUT2D eigenvalue weighted by Gasteiger charge is -2.27. The van der Waals surface area contributed by atoms with Gasteiger partial charge in [0.05, 0.1) is 13.2 Å². The first-order valence-corrected chi connectivity index (χ1v) is 9.74. The predicted octanol–water partition coefficient (Wildman–Crippen LogP) is 2.38. The van der Waals surface area contributed by atoms with Crippen LogP contribution in [0.4, 0.5) is 16.3 Å². The summed E-state index contributed by atoms with van der Waals surface area (Å²) < 4.78 is 5.35. The Labute approximate surface area is 170 Å². The van der Waals surface area contributed by atoms with Crippen molar-refractivity contribution in [3.05, 3.63) is 53.7 Å². The van der Waals surface area contributed by atoms with E-state index in [1.165, 1.54) is 0 Å². The molecule has 1 fully saturated rings. The van der Waals surface area contributed by atoms with Gasteiger partial charge in [0, 0.05) is 43.1 Å². The van der Waals surface area contributed by atoms with Gasteiger partial charge in [0.15, 0.2) is 0 Å². The molecule has 3 rings (SSSR count). The molecule has 0 atom stereocenters. The Morgan fingerprint density at radius 1 is 1.17 bits per heavy atom. The van der Waals surface area contributed by atoms with Gasteiger partial charge >= 0.3 is 6.03 Å². The van der Waals surface area contributed by atoms with E-state index in [-0.39, 0.29) is 18.0 Å². The number of anilines is 2. The van der Waals surface area contributed by atoms with Crippen LogP contribution in [0.1, 0.15) is 29.8 Å². The van der Waals surface area contributed by atoms with Gasteiger partial charge in [-0.15, -0.1) is 0 Å². The summed E-state index contributed by atoms with van der Waals surface area (Å²) >= 11 is 0. The molecule has 1 aromatic heterocycles. The maximum Gasteiger partial charge on any atom is 0.319 e. The average molecular weight is 397 g/mol. The van der Waals surface area contributed by atoms with Gasteiger partial charge in [0.2, 0.25) is 0 Å². The van der Waals surface area contributed by atoms with Crippen LogP contribution < -0.4 is 20.9 Å². The summed E-state index contributed by atoms with van der Waals surface area (Å²) in [5.74, 6) is 0.706. The number of carbonyl (C=O) groups excluding carboxylic acids is 2. The van der Waals surface area contributed by atoms with Gasteiger partial charge in [-0.3, -0.25) is 4.79 Å². The molecule has 1 aromatic carbocycles. The molecule has 1 aliphatic rings. The van der Waals surface area contributed by atoms with E-state index in [0.29, 0.717) is 31.0 Å². The minimum absolute atomic E-state index is 0.0322. The van der Waals surface area contributed by atoms with E-state index in [1.807, 2.05) is 26.0 Å². The van der Waals surface area contributed by atoms with Gasteiger partial charge in [0.25, 0.3) is 5.91 Å². The minimum atomic E-state index is -0.302. The van der Waals surface area contributed by atoms with E-state index >= 15 is 0 Å². The Morgan fingerprint density at radius 2 is 1.97 bits per heavy atom. The number of pyridine rings is 1. The molecule has 0 radical (unpaired) electrons. The van der Waals surface area contributed by atoms with E-state index in [1.54, 1.807) is 30.5 Å². The molecule has 0 spiro atoms. The average Bonchev–Trinajstić information content (AvgIpc) is 2.72. The molecule has 0 aliphatic carbocycles. The molecule has 1 saturated heterocycles. The molecular formula is C21H27N5O3. The van der Waals surface area contributed by atoms with Crippen molar-refractivity contribution >= 4 is 23.4 Å². The standard InChI is InChI=1S/C21H27N5O3/c1-15(2)24-21(28)25-18-5-3-4-17(12-18)20(27)23-14-16-6-7-19(22-13-16)26-8-10-29-11-9-26/h3-7,12-13,15H,8-11,14H2,1-2H3,(H,23,27)(H2,24,25,28). The van der Waals surface area contributed by atoms with Crippen LogP contribution in [-0.4, -0.2) is 49.3 Å². The molecule has 3 amide bonds. The van der Waals surface area contributed by atoms with E-state index in [4.69, 9.17) is 4.74 Å². The summed E-state index contributed by atoms with van der Waals surface area (Å²) in [4.78, 5) is 31.0. The zero-order chi connectivity index (χ0) is 20.6. The number of hydrogen-bond acceptors (Lipinski definition) is 5. The maximum atomic E-state index is 12.5. The number of nitrogens with one attached hydrogen (secondary N) is 3. The molecule has 154 valence electrons. The molecule has 2 aromatic rings. The molecule has 0 bridgehead atoms. The van der Waals surface area contributed by atoms with Crippen molar-refractivity contribution in [2.75, 3.05) is 36.5 Å². The maximum absolute atomic E-state index is 12.5. The van der Waals surface area contributed by atoms with Crippen LogP contribution in [0.3, 0.4) is 0 Å². The van der Waals surface area contributed by atoms with Crippen molar-refractivity contribution in [3.63, 3.8) is 0 Å². The summed E-state index contributed by atoms with van der Waals surface area (Å²) in [6, 6.07) is 10.5. The third-order valence-electron chi connectivity index (χ3n) is 4.40. The fourth-order valence-corrected chi connectivity index (χ4v) is 2.95. The molecule has 0 saturated carbocycles. The molecular weight excluding hydrogens is 370 g/mol. The topological polar surface area (TPSA) is 95.6 Å². The van der Waals surface area contributed by atoms with E-state index in [2.05, 4.69) is 25.8 Å². The highest BCUT2D eigenvalue weighted by Crippen LogP contribution is 2.14. The molecule has 1 aliphatic heterocycles. The molecule has 2 heterocycles. The monoisotopic (exact) mass is 397 g/mol. The Morgan fingerprint density at radius 3 is 2.66 bits per heavy atom. The normalized spacial score (nSPS) is 13.8. The number of carbonyl (C=O) groups is 2. The summed E-state index contributed by atoms with van der Waals surface area (Å²) in [7, 11) is 0. The van der Waals surface area contributed by atoms with Crippen LogP contribution in [0.2, 0.25) is 0 Å². The minimum Gasteiger partial charge on any atom is -0.378 e. The van der Waals surface area contributed by atoms with Crippen LogP contribution in [0.5, 0.6) is 0 Å². The summed E-state index contributed by atoms with van der Waals surface area (Å²) in [6.07, 6.45) is 1.78. The first-order valence-electron chi connectivity index (χ1n) is 9.74. The van der Waals surface area contributed by atoms with Crippen LogP contribution >= 0.6 is 0 Å². The second-order valence-corrected chi connectivity index (χ2v) is 7.14. The molecule has 8 heteroatoms. The second-order valence-electron chi connectivity index (χ2n) is 7.14. The van der Waals surface area contributed by atoms with Crippen molar-refractivity contribution in [2.45, 2.75) is 26.4 Å². The van der Waals surface area contributed by atoms with Crippen LogP contribution in [0.25, 0.3) is 0 Å². The van der Waals surface area contributed by atoms with E-state index in [0.717, 1.165) is 24.5 Å². The number of amides is 3. The lowest BCUT2D eigenvalue weighted by Crippen LogP contribution is -2.36. The number of nitrogens with zero attached hydrogens (tertiary/aromatic N) is 2. The highest BCUT2D eigenvalue weighted by atomic mass is 16.5. The quantitative estimate of drug-likeness (QED) is 0.696. The Bertz CT molecular complexity index is 832. The molecule has 29 heavy (non-hydrogen) atoms. The third-order valence-corrected chi connectivity index (χ3v) is 4.40. The van der Waals surface area contributed by atoms with Crippen molar-refractivity contribution in [3.8, 4) is 0 Å². The van der Waals surface area contributed by atoms with Gasteiger partial charge in [-0.2, -0.15) is 0 Å². The van der Waals surface area contributed by atoms with E-state index < -0.39 is 0 Å². The summed E-state index contributed by atoms with van der Waals surface area (Å²) in [6.45, 7) is 7.24. The van der Waals surface area contributed by atoms with Gasteiger partial charge in [-0.25, -0.2) is 9.78 Å².